The highest BCUT2D eigenvalue weighted by Crippen LogP contribution is 2.18. The number of carbonyl (C=O) groups is 2. The van der Waals surface area contributed by atoms with Crippen molar-refractivity contribution in [3.8, 4) is 0 Å². The summed E-state index contributed by atoms with van der Waals surface area (Å²) in [5, 5.41) is 16.8. The topological polar surface area (TPSA) is 127 Å². The predicted octanol–water partition coefficient (Wildman–Crippen LogP) is 12.4. The van der Waals surface area contributed by atoms with Crippen LogP contribution in [0.25, 0.3) is 0 Å². The van der Waals surface area contributed by atoms with Gasteiger partial charge in [0.15, 0.2) is 5.03 Å². The Labute approximate surface area is 357 Å². The first-order valence-electron chi connectivity index (χ1n) is 24.4. The van der Waals surface area contributed by atoms with E-state index in [0.29, 0.717) is 26.0 Å². The standard InChI is InChI=1S/C47H93N5O6/c1-6-9-12-15-17-26-33-43-57-45(53)37-29-22-18-24-31-40-51(42-34-39-48-47(50(4)5)49-52(55)56)41-32-25-19-23-30-38-46(54)58-44(35-27-20-14-11-8-3)36-28-21-16-13-10-7-2/h44H,6-43H2,1-5H3,(H,48,49). The van der Waals surface area contributed by atoms with Crippen molar-refractivity contribution in [1.82, 2.24) is 15.1 Å². The summed E-state index contributed by atoms with van der Waals surface area (Å²) in [6, 6.07) is 0. The maximum Gasteiger partial charge on any atom is 0.306 e. The van der Waals surface area contributed by atoms with Crippen LogP contribution in [0.3, 0.4) is 0 Å². The fourth-order valence-corrected chi connectivity index (χ4v) is 7.42. The zero-order valence-electron chi connectivity index (χ0n) is 38.7. The molecule has 0 aliphatic rings. The van der Waals surface area contributed by atoms with Gasteiger partial charge >= 0.3 is 11.9 Å². The van der Waals surface area contributed by atoms with Crippen LogP contribution < -0.4 is 5.32 Å². The number of unbranched alkanes of at least 4 members (excludes halogenated alkanes) is 23. The third-order valence-electron chi connectivity index (χ3n) is 11.1. The van der Waals surface area contributed by atoms with E-state index in [1.807, 2.05) is 0 Å². The Morgan fingerprint density at radius 1 is 0.569 bits per heavy atom. The Balaban J connectivity index is 4.53. The number of nitro groups is 1. The van der Waals surface area contributed by atoms with Gasteiger partial charge in [0.25, 0.3) is 5.96 Å². The molecule has 0 amide bonds. The summed E-state index contributed by atoms with van der Waals surface area (Å²) in [5.41, 5.74) is 0. The van der Waals surface area contributed by atoms with E-state index >= 15 is 0 Å². The molecule has 0 rings (SSSR count). The first kappa shape index (κ1) is 55.6. The molecule has 1 atom stereocenters. The van der Waals surface area contributed by atoms with Crippen LogP contribution in [-0.4, -0.2) is 85.7 Å². The molecule has 0 heterocycles. The van der Waals surface area contributed by atoms with Gasteiger partial charge in [-0.1, -0.05) is 156 Å². The van der Waals surface area contributed by atoms with E-state index < -0.39 is 5.03 Å². The van der Waals surface area contributed by atoms with E-state index in [0.717, 1.165) is 129 Å². The zero-order chi connectivity index (χ0) is 42.7. The molecule has 11 heteroatoms. The second kappa shape index (κ2) is 42.7. The molecule has 342 valence electrons. The molecular weight excluding hydrogens is 731 g/mol. The van der Waals surface area contributed by atoms with Gasteiger partial charge < -0.3 is 24.6 Å². The van der Waals surface area contributed by atoms with Crippen molar-refractivity contribution in [3.63, 3.8) is 0 Å². The maximum atomic E-state index is 12.8. The van der Waals surface area contributed by atoms with E-state index in [4.69, 9.17) is 9.47 Å². The van der Waals surface area contributed by atoms with Crippen molar-refractivity contribution in [2.45, 2.75) is 239 Å². The Morgan fingerprint density at radius 3 is 1.47 bits per heavy atom. The zero-order valence-corrected chi connectivity index (χ0v) is 38.7. The van der Waals surface area contributed by atoms with Gasteiger partial charge in [-0.25, -0.2) is 10.1 Å². The second-order valence-corrected chi connectivity index (χ2v) is 16.9. The number of nitrogens with zero attached hydrogens (tertiary/aromatic N) is 4. The highest BCUT2D eigenvalue weighted by Gasteiger charge is 2.15. The quantitative estimate of drug-likeness (QED) is 0.0160. The van der Waals surface area contributed by atoms with Gasteiger partial charge in [0, 0.05) is 33.5 Å². The van der Waals surface area contributed by atoms with E-state index in [1.165, 1.54) is 89.9 Å². The van der Waals surface area contributed by atoms with Crippen molar-refractivity contribution in [3.05, 3.63) is 10.1 Å². The summed E-state index contributed by atoms with van der Waals surface area (Å²) in [4.78, 5) is 40.0. The lowest BCUT2D eigenvalue weighted by Crippen LogP contribution is -2.38. The number of hydrogen-bond acceptors (Lipinski definition) is 7. The lowest BCUT2D eigenvalue weighted by atomic mass is 10.0. The van der Waals surface area contributed by atoms with E-state index in [2.05, 4.69) is 36.1 Å². The first-order valence-corrected chi connectivity index (χ1v) is 24.4. The summed E-state index contributed by atoms with van der Waals surface area (Å²) in [5.74, 6) is 0.198. The highest BCUT2D eigenvalue weighted by atomic mass is 16.7. The Hall–Kier alpha value is -2.43. The van der Waals surface area contributed by atoms with Crippen molar-refractivity contribution >= 4 is 17.9 Å². The number of ether oxygens (including phenoxy) is 2. The number of nitrogens with one attached hydrogen (secondary N) is 1. The lowest BCUT2D eigenvalue weighted by Gasteiger charge is -2.23. The molecule has 0 fully saturated rings. The minimum atomic E-state index is -0.664. The third-order valence-corrected chi connectivity index (χ3v) is 11.1. The molecule has 0 spiro atoms. The molecule has 0 aromatic carbocycles. The molecule has 1 N–H and O–H groups in total. The van der Waals surface area contributed by atoms with Gasteiger partial charge in [-0.3, -0.25) is 9.59 Å². The van der Waals surface area contributed by atoms with Crippen molar-refractivity contribution < 1.29 is 24.1 Å². The normalized spacial score (nSPS) is 12.2. The summed E-state index contributed by atoms with van der Waals surface area (Å²) < 4.78 is 11.5. The number of hydrogen-bond donors (Lipinski definition) is 1. The predicted molar refractivity (Wildman–Crippen MR) is 243 cm³/mol. The lowest BCUT2D eigenvalue weighted by molar-refractivity contribution is -0.485. The fourth-order valence-electron chi connectivity index (χ4n) is 7.42. The van der Waals surface area contributed by atoms with Crippen molar-refractivity contribution in [2.75, 3.05) is 46.9 Å². The minimum Gasteiger partial charge on any atom is -0.466 e. The molecule has 0 aromatic rings. The Morgan fingerprint density at radius 2 is 0.983 bits per heavy atom. The largest absolute Gasteiger partial charge is 0.466 e. The van der Waals surface area contributed by atoms with E-state index in [9.17, 15) is 19.7 Å². The van der Waals surface area contributed by atoms with Gasteiger partial charge in [0.05, 0.1) is 6.61 Å². The van der Waals surface area contributed by atoms with Gasteiger partial charge in [0.1, 0.15) is 11.2 Å². The molecule has 0 radical (unpaired) electrons. The summed E-state index contributed by atoms with van der Waals surface area (Å²) >= 11 is 0. The number of guanidine groups is 1. The summed E-state index contributed by atoms with van der Waals surface area (Å²) in [7, 11) is 3.49. The van der Waals surface area contributed by atoms with E-state index in [1.54, 1.807) is 19.0 Å². The van der Waals surface area contributed by atoms with Crippen LogP contribution in [0.2, 0.25) is 0 Å². The Bertz CT molecular complexity index is 981. The molecule has 58 heavy (non-hydrogen) atoms. The van der Waals surface area contributed by atoms with Crippen LogP contribution in [0.1, 0.15) is 233 Å². The highest BCUT2D eigenvalue weighted by molar-refractivity contribution is 5.78. The molecule has 0 aliphatic heterocycles. The fraction of sp³-hybridized carbons (Fsp3) is 0.936. The van der Waals surface area contributed by atoms with Crippen molar-refractivity contribution in [1.29, 1.82) is 0 Å². The molecule has 0 saturated heterocycles. The van der Waals surface area contributed by atoms with Gasteiger partial charge in [-0.2, -0.15) is 0 Å². The van der Waals surface area contributed by atoms with Crippen LogP contribution in [0.4, 0.5) is 0 Å². The molecule has 0 saturated carbocycles. The van der Waals surface area contributed by atoms with Crippen LogP contribution in [0.15, 0.2) is 5.10 Å². The number of carbonyl (C=O) groups excluding carboxylic acids is 2. The van der Waals surface area contributed by atoms with Crippen LogP contribution in [0, 0.1) is 10.1 Å². The van der Waals surface area contributed by atoms with Crippen molar-refractivity contribution in [2.24, 2.45) is 5.10 Å². The number of rotatable bonds is 43. The monoisotopic (exact) mass is 824 g/mol. The second-order valence-electron chi connectivity index (χ2n) is 16.9. The summed E-state index contributed by atoms with van der Waals surface area (Å²) in [6.45, 7) is 10.9. The maximum absolute atomic E-state index is 12.8. The molecule has 11 nitrogen and oxygen atoms in total. The summed E-state index contributed by atoms with van der Waals surface area (Å²) in [6.07, 6.45) is 37.0. The van der Waals surface area contributed by atoms with Crippen LogP contribution in [0.5, 0.6) is 0 Å². The third kappa shape index (κ3) is 39.1. The Kier molecular flexibility index (Phi) is 40.9. The molecule has 0 bridgehead atoms. The molecule has 0 aromatic heterocycles. The number of esters is 2. The minimum absolute atomic E-state index is 0.0104. The van der Waals surface area contributed by atoms with Gasteiger partial charge in [-0.15, -0.1) is 0 Å². The van der Waals surface area contributed by atoms with Gasteiger partial charge in [-0.05, 0) is 83.8 Å². The van der Waals surface area contributed by atoms with E-state index in [-0.39, 0.29) is 24.0 Å². The van der Waals surface area contributed by atoms with Crippen LogP contribution >= 0.6 is 0 Å². The number of hydrazone groups is 1. The first-order chi connectivity index (χ1) is 28.2. The smallest absolute Gasteiger partial charge is 0.306 e. The van der Waals surface area contributed by atoms with Crippen LogP contribution in [-0.2, 0) is 19.1 Å². The average molecular weight is 824 g/mol. The SMILES string of the molecule is CCCCCCCCCOC(=O)CCCCCCCN(CCCCCCCC(=O)OC(CCCCCCC)CCCCCCCC)CCCN/C(=N/[N+](=O)[O-])N(C)C. The van der Waals surface area contributed by atoms with Gasteiger partial charge in [0.2, 0.25) is 0 Å². The molecule has 1 unspecified atom stereocenters. The average Bonchev–Trinajstić information content (AvgIpc) is 3.19. The molecular formula is C47H93N5O6. The molecule has 0 aliphatic carbocycles.